The highest BCUT2D eigenvalue weighted by molar-refractivity contribution is 5.94. The third kappa shape index (κ3) is 3.03. The molecule has 2 heterocycles. The van der Waals surface area contributed by atoms with Crippen molar-refractivity contribution < 1.29 is 4.79 Å². The molecule has 0 aromatic carbocycles. The van der Waals surface area contributed by atoms with Gasteiger partial charge in [-0.15, -0.1) is 0 Å². The fourth-order valence-corrected chi connectivity index (χ4v) is 2.18. The van der Waals surface area contributed by atoms with Gasteiger partial charge in [-0.05, 0) is 37.9 Å². The molecule has 4 nitrogen and oxygen atoms in total. The van der Waals surface area contributed by atoms with Gasteiger partial charge in [0.25, 0.3) is 5.91 Å². The molecule has 17 heavy (non-hydrogen) atoms. The second-order valence-electron chi connectivity index (χ2n) is 4.43. The van der Waals surface area contributed by atoms with Gasteiger partial charge in [0.05, 0.1) is 0 Å². The molecule has 2 N–H and O–H groups in total. The first kappa shape index (κ1) is 12.0. The molecule has 1 aliphatic heterocycles. The molecular formula is C13H19N3O. The lowest BCUT2D eigenvalue weighted by atomic mass is 10.1. The standard InChI is InChI=1S/C13H19N3O/c14-6-4-12-10-11(5-7-15-12)13(17)16-8-2-1-3-9-16/h5,7,10H,1-4,6,8-9,14H2. The van der Waals surface area contributed by atoms with E-state index in [1.807, 2.05) is 11.0 Å². The molecule has 0 saturated carbocycles. The summed E-state index contributed by atoms with van der Waals surface area (Å²) >= 11 is 0. The Hall–Kier alpha value is -1.42. The van der Waals surface area contributed by atoms with Crippen LogP contribution in [-0.4, -0.2) is 35.4 Å². The fraction of sp³-hybridized carbons (Fsp3) is 0.538. The molecule has 1 aliphatic rings. The average Bonchev–Trinajstić information content (AvgIpc) is 2.40. The van der Waals surface area contributed by atoms with E-state index in [2.05, 4.69) is 4.98 Å². The first-order valence-corrected chi connectivity index (χ1v) is 6.25. The number of carbonyl (C=O) groups excluding carboxylic acids is 1. The van der Waals surface area contributed by atoms with Crippen molar-refractivity contribution in [3.63, 3.8) is 0 Å². The van der Waals surface area contributed by atoms with Gasteiger partial charge in [-0.2, -0.15) is 0 Å². The molecule has 1 saturated heterocycles. The van der Waals surface area contributed by atoms with Crippen LogP contribution in [0.5, 0.6) is 0 Å². The van der Waals surface area contributed by atoms with E-state index in [9.17, 15) is 4.79 Å². The summed E-state index contributed by atoms with van der Waals surface area (Å²) in [5.74, 6) is 0.130. The normalized spacial score (nSPS) is 15.9. The van der Waals surface area contributed by atoms with E-state index >= 15 is 0 Å². The molecule has 0 unspecified atom stereocenters. The number of nitrogens with zero attached hydrogens (tertiary/aromatic N) is 2. The first-order chi connectivity index (χ1) is 8.31. The van der Waals surface area contributed by atoms with E-state index in [0.29, 0.717) is 6.54 Å². The van der Waals surface area contributed by atoms with Crippen molar-refractivity contribution in [3.05, 3.63) is 29.6 Å². The monoisotopic (exact) mass is 233 g/mol. The number of aromatic nitrogens is 1. The van der Waals surface area contributed by atoms with Crippen LogP contribution in [0.3, 0.4) is 0 Å². The SMILES string of the molecule is NCCc1cc(C(=O)N2CCCCC2)ccn1. The Balaban J connectivity index is 2.09. The van der Waals surface area contributed by atoms with Crippen LogP contribution in [-0.2, 0) is 6.42 Å². The molecule has 0 atom stereocenters. The van der Waals surface area contributed by atoms with Crippen LogP contribution in [0.4, 0.5) is 0 Å². The lowest BCUT2D eigenvalue weighted by molar-refractivity contribution is 0.0724. The number of carbonyl (C=O) groups is 1. The van der Waals surface area contributed by atoms with Crippen molar-refractivity contribution in [3.8, 4) is 0 Å². The van der Waals surface area contributed by atoms with Crippen molar-refractivity contribution in [2.24, 2.45) is 5.73 Å². The zero-order valence-corrected chi connectivity index (χ0v) is 10.1. The van der Waals surface area contributed by atoms with Crippen molar-refractivity contribution in [2.45, 2.75) is 25.7 Å². The summed E-state index contributed by atoms with van der Waals surface area (Å²) in [6.45, 7) is 2.33. The van der Waals surface area contributed by atoms with Gasteiger partial charge in [-0.1, -0.05) is 0 Å². The molecule has 2 rings (SSSR count). The molecule has 4 heteroatoms. The van der Waals surface area contributed by atoms with Crippen molar-refractivity contribution >= 4 is 5.91 Å². The molecule has 0 aliphatic carbocycles. The summed E-state index contributed by atoms with van der Waals surface area (Å²) in [5, 5.41) is 0. The maximum Gasteiger partial charge on any atom is 0.253 e. The Bertz CT molecular complexity index is 386. The van der Waals surface area contributed by atoms with E-state index in [-0.39, 0.29) is 5.91 Å². The Labute approximate surface area is 102 Å². The molecule has 0 bridgehead atoms. The molecule has 1 fully saturated rings. The third-order valence-corrected chi connectivity index (χ3v) is 3.11. The van der Waals surface area contributed by atoms with Crippen LogP contribution in [0.2, 0.25) is 0 Å². The molecule has 1 aromatic rings. The maximum absolute atomic E-state index is 12.2. The van der Waals surface area contributed by atoms with Crippen molar-refractivity contribution in [2.75, 3.05) is 19.6 Å². The molecule has 0 radical (unpaired) electrons. The Morgan fingerprint density at radius 1 is 1.35 bits per heavy atom. The van der Waals surface area contributed by atoms with E-state index in [1.165, 1.54) is 6.42 Å². The predicted molar refractivity (Wildman–Crippen MR) is 66.7 cm³/mol. The summed E-state index contributed by atoms with van der Waals surface area (Å²) in [5.41, 5.74) is 7.13. The number of amides is 1. The van der Waals surface area contributed by atoms with Crippen molar-refractivity contribution in [1.82, 2.24) is 9.88 Å². The number of pyridine rings is 1. The Morgan fingerprint density at radius 3 is 2.82 bits per heavy atom. The van der Waals surface area contributed by atoms with Gasteiger partial charge in [0.15, 0.2) is 0 Å². The highest BCUT2D eigenvalue weighted by atomic mass is 16.2. The number of hydrogen-bond acceptors (Lipinski definition) is 3. The van der Waals surface area contributed by atoms with E-state index < -0.39 is 0 Å². The number of piperidine rings is 1. The Morgan fingerprint density at radius 2 is 2.12 bits per heavy atom. The minimum Gasteiger partial charge on any atom is -0.339 e. The van der Waals surface area contributed by atoms with Gasteiger partial charge in [0, 0.05) is 37.0 Å². The number of rotatable bonds is 3. The van der Waals surface area contributed by atoms with Crippen LogP contribution in [0.25, 0.3) is 0 Å². The first-order valence-electron chi connectivity index (χ1n) is 6.25. The largest absolute Gasteiger partial charge is 0.339 e. The maximum atomic E-state index is 12.2. The van der Waals surface area contributed by atoms with E-state index in [4.69, 9.17) is 5.73 Å². The second-order valence-corrected chi connectivity index (χ2v) is 4.43. The van der Waals surface area contributed by atoms with Gasteiger partial charge in [0.2, 0.25) is 0 Å². The molecular weight excluding hydrogens is 214 g/mol. The van der Waals surface area contributed by atoms with Crippen LogP contribution >= 0.6 is 0 Å². The summed E-state index contributed by atoms with van der Waals surface area (Å²) in [7, 11) is 0. The van der Waals surface area contributed by atoms with Gasteiger partial charge in [-0.3, -0.25) is 9.78 Å². The topological polar surface area (TPSA) is 59.2 Å². The minimum absolute atomic E-state index is 0.130. The number of likely N-dealkylation sites (tertiary alicyclic amines) is 1. The molecule has 0 spiro atoms. The van der Waals surface area contributed by atoms with Gasteiger partial charge in [-0.25, -0.2) is 0 Å². The second kappa shape index (κ2) is 5.77. The van der Waals surface area contributed by atoms with Crippen molar-refractivity contribution in [1.29, 1.82) is 0 Å². The van der Waals surface area contributed by atoms with Crippen LogP contribution in [0.15, 0.2) is 18.3 Å². The van der Waals surface area contributed by atoms with E-state index in [1.54, 1.807) is 12.3 Å². The summed E-state index contributed by atoms with van der Waals surface area (Å²) in [6, 6.07) is 3.65. The third-order valence-electron chi connectivity index (χ3n) is 3.11. The highest BCUT2D eigenvalue weighted by Gasteiger charge is 2.18. The summed E-state index contributed by atoms with van der Waals surface area (Å²) in [6.07, 6.45) is 5.89. The predicted octanol–water partition coefficient (Wildman–Crippen LogP) is 1.21. The van der Waals surface area contributed by atoms with Gasteiger partial charge in [0.1, 0.15) is 0 Å². The zero-order valence-electron chi connectivity index (χ0n) is 10.1. The lowest BCUT2D eigenvalue weighted by Crippen LogP contribution is -2.35. The van der Waals surface area contributed by atoms with Gasteiger partial charge < -0.3 is 10.6 Å². The summed E-state index contributed by atoms with van der Waals surface area (Å²) < 4.78 is 0. The minimum atomic E-state index is 0.130. The zero-order chi connectivity index (χ0) is 12.1. The van der Waals surface area contributed by atoms with Crippen LogP contribution in [0, 0.1) is 0 Å². The lowest BCUT2D eigenvalue weighted by Gasteiger charge is -2.26. The molecule has 1 amide bonds. The summed E-state index contributed by atoms with van der Waals surface area (Å²) in [4.78, 5) is 18.4. The quantitative estimate of drug-likeness (QED) is 0.853. The number of hydrogen-bond donors (Lipinski definition) is 1. The fourth-order valence-electron chi connectivity index (χ4n) is 2.18. The highest BCUT2D eigenvalue weighted by Crippen LogP contribution is 2.13. The Kier molecular flexibility index (Phi) is 4.09. The van der Waals surface area contributed by atoms with E-state index in [0.717, 1.165) is 43.6 Å². The smallest absolute Gasteiger partial charge is 0.253 e. The molecule has 92 valence electrons. The molecule has 1 aromatic heterocycles. The van der Waals surface area contributed by atoms with Crippen LogP contribution in [0.1, 0.15) is 35.3 Å². The van der Waals surface area contributed by atoms with Crippen LogP contribution < -0.4 is 5.73 Å². The average molecular weight is 233 g/mol. The van der Waals surface area contributed by atoms with Gasteiger partial charge >= 0.3 is 0 Å². The number of nitrogens with two attached hydrogens (primary N) is 1.